The Morgan fingerprint density at radius 1 is 1.12 bits per heavy atom. The molecule has 8 nitrogen and oxygen atoms in total. The lowest BCUT2D eigenvalue weighted by Gasteiger charge is -2.39. The molecular formula is C25H32N2O6. The molecule has 0 saturated heterocycles. The van der Waals surface area contributed by atoms with Gasteiger partial charge in [-0.05, 0) is 40.2 Å². The van der Waals surface area contributed by atoms with Crippen molar-refractivity contribution in [2.75, 3.05) is 13.7 Å². The Balaban J connectivity index is 2.18. The summed E-state index contributed by atoms with van der Waals surface area (Å²) in [5.74, 6) is -0.942. The van der Waals surface area contributed by atoms with E-state index in [4.69, 9.17) is 14.2 Å². The molecule has 0 radical (unpaired) electrons. The Morgan fingerprint density at radius 2 is 1.79 bits per heavy atom. The summed E-state index contributed by atoms with van der Waals surface area (Å²) < 4.78 is 18.4. The molecule has 1 amide bonds. The van der Waals surface area contributed by atoms with E-state index in [1.54, 1.807) is 30.2 Å². The zero-order chi connectivity index (χ0) is 24.3. The van der Waals surface area contributed by atoms with E-state index >= 15 is 0 Å². The zero-order valence-electron chi connectivity index (χ0n) is 20.1. The second kappa shape index (κ2) is 9.79. The number of aromatic nitrogens is 1. The van der Waals surface area contributed by atoms with Crippen LogP contribution in [-0.2, 0) is 27.5 Å². The Morgan fingerprint density at radius 3 is 2.36 bits per heavy atom. The van der Waals surface area contributed by atoms with Crippen molar-refractivity contribution in [3.05, 3.63) is 63.6 Å². The van der Waals surface area contributed by atoms with Gasteiger partial charge in [-0.1, -0.05) is 30.3 Å². The highest BCUT2D eigenvalue weighted by molar-refractivity contribution is 5.98. The zero-order valence-corrected chi connectivity index (χ0v) is 20.1. The first-order valence-corrected chi connectivity index (χ1v) is 11.0. The van der Waals surface area contributed by atoms with Crippen LogP contribution in [0.3, 0.4) is 0 Å². The van der Waals surface area contributed by atoms with Gasteiger partial charge >= 0.3 is 5.97 Å². The number of nitrogens with zero attached hydrogens (tertiary/aromatic N) is 2. The molecule has 0 N–H and O–H groups in total. The molecule has 1 unspecified atom stereocenters. The highest BCUT2D eigenvalue weighted by Gasteiger charge is 2.41. The molecule has 0 bridgehead atoms. The molecule has 0 aliphatic carbocycles. The molecule has 3 rings (SSSR count). The van der Waals surface area contributed by atoms with Gasteiger partial charge in [-0.15, -0.1) is 0 Å². The summed E-state index contributed by atoms with van der Waals surface area (Å²) in [4.78, 5) is 41.4. The Bertz CT molecular complexity index is 1070. The summed E-state index contributed by atoms with van der Waals surface area (Å²) in [7, 11) is 1.49. The number of carbonyl (C=O) groups is 2. The summed E-state index contributed by atoms with van der Waals surface area (Å²) in [5, 5.41) is 0. The molecule has 0 fully saturated rings. The lowest BCUT2D eigenvalue weighted by Crippen LogP contribution is -2.51. The third kappa shape index (κ3) is 5.45. The maximum Gasteiger partial charge on any atom is 0.331 e. The van der Waals surface area contributed by atoms with E-state index in [2.05, 4.69) is 0 Å². The summed E-state index contributed by atoms with van der Waals surface area (Å²) in [6, 6.07) is 9.69. The molecule has 1 aliphatic heterocycles. The van der Waals surface area contributed by atoms with Crippen molar-refractivity contribution in [1.82, 2.24) is 9.47 Å². The van der Waals surface area contributed by atoms with Crippen molar-refractivity contribution < 1.29 is 23.8 Å². The van der Waals surface area contributed by atoms with Crippen LogP contribution in [-0.4, -0.2) is 46.6 Å². The number of rotatable bonds is 7. The van der Waals surface area contributed by atoms with Gasteiger partial charge < -0.3 is 23.7 Å². The minimum absolute atomic E-state index is 0.0429. The molecule has 2 heterocycles. The highest BCUT2D eigenvalue weighted by Crippen LogP contribution is 2.31. The molecule has 0 saturated carbocycles. The number of esters is 1. The molecule has 1 aromatic carbocycles. The molecule has 1 aliphatic rings. The monoisotopic (exact) mass is 456 g/mol. The number of methoxy groups -OCH3 is 1. The van der Waals surface area contributed by atoms with Crippen LogP contribution in [0, 0.1) is 0 Å². The summed E-state index contributed by atoms with van der Waals surface area (Å²) in [6.45, 7) is 9.37. The van der Waals surface area contributed by atoms with Gasteiger partial charge in [-0.25, -0.2) is 4.79 Å². The third-order valence-electron chi connectivity index (χ3n) is 5.25. The van der Waals surface area contributed by atoms with E-state index in [1.807, 2.05) is 44.2 Å². The van der Waals surface area contributed by atoms with Crippen LogP contribution in [0.4, 0.5) is 0 Å². The molecule has 8 heteroatoms. The number of carbonyl (C=O) groups excluding carboxylic acids is 2. The first-order valence-electron chi connectivity index (χ1n) is 11.0. The minimum atomic E-state index is -0.843. The standard InChI is InChI=1S/C25H32N2O6/c1-16(2)26-13-19(24(30)33-25(3,4)5)27-18(15-31-6)12-20(28)22(21(27)23(26)29)32-14-17-10-8-7-9-11-17/h7-12,16,19H,13-15H2,1-6H3. The Hall–Kier alpha value is -3.13. The predicted molar refractivity (Wildman–Crippen MR) is 123 cm³/mol. The van der Waals surface area contributed by atoms with Crippen LogP contribution in [0.25, 0.3) is 0 Å². The van der Waals surface area contributed by atoms with Gasteiger partial charge in [0.2, 0.25) is 5.43 Å². The number of ether oxygens (including phenoxy) is 3. The van der Waals surface area contributed by atoms with E-state index in [0.29, 0.717) is 5.69 Å². The fraction of sp³-hybridized carbons (Fsp3) is 0.480. The minimum Gasteiger partial charge on any atom is -0.483 e. The molecule has 0 spiro atoms. The molecule has 178 valence electrons. The summed E-state index contributed by atoms with van der Waals surface area (Å²) >= 11 is 0. The number of pyridine rings is 1. The van der Waals surface area contributed by atoms with Gasteiger partial charge in [-0.2, -0.15) is 0 Å². The third-order valence-corrected chi connectivity index (χ3v) is 5.25. The smallest absolute Gasteiger partial charge is 0.331 e. The SMILES string of the molecule is COCc1cc(=O)c(OCc2ccccc2)c2n1C(C(=O)OC(C)(C)C)CN(C(C)C)C2=O. The van der Waals surface area contributed by atoms with Crippen LogP contribution in [0.2, 0.25) is 0 Å². The van der Waals surface area contributed by atoms with Crippen molar-refractivity contribution >= 4 is 11.9 Å². The number of amides is 1. The normalized spacial score (nSPS) is 16.0. The number of hydrogen-bond acceptors (Lipinski definition) is 6. The van der Waals surface area contributed by atoms with Crippen LogP contribution < -0.4 is 10.2 Å². The van der Waals surface area contributed by atoms with Crippen molar-refractivity contribution in [3.63, 3.8) is 0 Å². The fourth-order valence-electron chi connectivity index (χ4n) is 3.82. The highest BCUT2D eigenvalue weighted by atomic mass is 16.6. The van der Waals surface area contributed by atoms with Gasteiger partial charge in [0.15, 0.2) is 11.4 Å². The summed E-state index contributed by atoms with van der Waals surface area (Å²) in [6.07, 6.45) is 0. The maximum atomic E-state index is 13.5. The van der Waals surface area contributed by atoms with Gasteiger partial charge in [0.05, 0.1) is 13.2 Å². The van der Waals surface area contributed by atoms with E-state index < -0.39 is 23.0 Å². The average Bonchev–Trinajstić information content (AvgIpc) is 2.73. The van der Waals surface area contributed by atoms with Crippen LogP contribution in [0.1, 0.15) is 62.4 Å². The van der Waals surface area contributed by atoms with E-state index in [-0.39, 0.29) is 43.2 Å². The first-order chi connectivity index (χ1) is 15.5. The lowest BCUT2D eigenvalue weighted by atomic mass is 10.1. The van der Waals surface area contributed by atoms with Gasteiger partial charge in [0, 0.05) is 24.9 Å². The van der Waals surface area contributed by atoms with Crippen LogP contribution >= 0.6 is 0 Å². The quantitative estimate of drug-likeness (QED) is 0.594. The van der Waals surface area contributed by atoms with E-state index in [9.17, 15) is 14.4 Å². The number of benzene rings is 1. The molecule has 33 heavy (non-hydrogen) atoms. The van der Waals surface area contributed by atoms with Gasteiger partial charge in [0.25, 0.3) is 5.91 Å². The maximum absolute atomic E-state index is 13.5. The first kappa shape index (κ1) is 24.5. The van der Waals surface area contributed by atoms with Crippen molar-refractivity contribution in [2.45, 2.75) is 65.5 Å². The Kier molecular flexibility index (Phi) is 7.27. The van der Waals surface area contributed by atoms with Gasteiger partial charge in [-0.3, -0.25) is 9.59 Å². The van der Waals surface area contributed by atoms with Crippen molar-refractivity contribution in [1.29, 1.82) is 0 Å². The average molecular weight is 457 g/mol. The van der Waals surface area contributed by atoms with E-state index in [0.717, 1.165) is 5.56 Å². The van der Waals surface area contributed by atoms with Crippen LogP contribution in [0.5, 0.6) is 5.75 Å². The van der Waals surface area contributed by atoms with E-state index in [1.165, 1.54) is 13.2 Å². The summed E-state index contributed by atoms with van der Waals surface area (Å²) in [5.41, 5.74) is 0.155. The molecular weight excluding hydrogens is 424 g/mol. The molecule has 1 aromatic heterocycles. The second-order valence-corrected chi connectivity index (χ2v) is 9.36. The second-order valence-electron chi connectivity index (χ2n) is 9.36. The van der Waals surface area contributed by atoms with Crippen LogP contribution in [0.15, 0.2) is 41.2 Å². The predicted octanol–water partition coefficient (Wildman–Crippen LogP) is 3.32. The topological polar surface area (TPSA) is 87.1 Å². The van der Waals surface area contributed by atoms with Gasteiger partial charge in [0.1, 0.15) is 18.2 Å². The number of fused-ring (bicyclic) bond motifs is 1. The largest absolute Gasteiger partial charge is 0.483 e. The molecule has 2 aromatic rings. The number of hydrogen-bond donors (Lipinski definition) is 0. The Labute approximate surface area is 194 Å². The van der Waals surface area contributed by atoms with Crippen molar-refractivity contribution in [3.8, 4) is 5.75 Å². The lowest BCUT2D eigenvalue weighted by molar-refractivity contribution is -0.160. The molecule has 1 atom stereocenters. The fourth-order valence-corrected chi connectivity index (χ4v) is 3.82. The van der Waals surface area contributed by atoms with Crippen molar-refractivity contribution in [2.24, 2.45) is 0 Å².